The maximum atomic E-state index is 14.0. The Morgan fingerprint density at radius 1 is 0.875 bits per heavy atom. The lowest BCUT2D eigenvalue weighted by Gasteiger charge is -2.06. The van der Waals surface area contributed by atoms with Crippen LogP contribution in [0.1, 0.15) is 5.56 Å². The van der Waals surface area contributed by atoms with Gasteiger partial charge in [-0.25, -0.2) is 4.39 Å². The molecule has 0 atom stereocenters. The van der Waals surface area contributed by atoms with E-state index in [1.165, 1.54) is 0 Å². The first-order valence-corrected chi connectivity index (χ1v) is 5.33. The summed E-state index contributed by atoms with van der Waals surface area (Å²) in [5, 5.41) is 3.76. The molecule has 3 aromatic rings. The molecule has 0 nitrogen and oxygen atoms in total. The van der Waals surface area contributed by atoms with Crippen LogP contribution in [0.4, 0.5) is 4.39 Å². The standard InChI is InChI=1S/C15H11F/c1-10-8-12-7-6-11-4-2-3-5-13(11)15(12)14(16)9-10/h2-9H,1H3. The molecule has 0 amide bonds. The van der Waals surface area contributed by atoms with Crippen LogP contribution in [0.3, 0.4) is 0 Å². The largest absolute Gasteiger partial charge is 0.206 e. The fourth-order valence-corrected chi connectivity index (χ4v) is 2.23. The van der Waals surface area contributed by atoms with Crippen molar-refractivity contribution < 1.29 is 4.39 Å². The summed E-state index contributed by atoms with van der Waals surface area (Å²) < 4.78 is 14.0. The van der Waals surface area contributed by atoms with Crippen LogP contribution in [0.2, 0.25) is 0 Å². The summed E-state index contributed by atoms with van der Waals surface area (Å²) in [7, 11) is 0. The van der Waals surface area contributed by atoms with Crippen molar-refractivity contribution in [1.29, 1.82) is 0 Å². The van der Waals surface area contributed by atoms with E-state index >= 15 is 0 Å². The van der Waals surface area contributed by atoms with E-state index in [0.717, 1.165) is 27.1 Å². The van der Waals surface area contributed by atoms with Crippen molar-refractivity contribution in [2.24, 2.45) is 0 Å². The predicted molar refractivity (Wildman–Crippen MR) is 66.1 cm³/mol. The summed E-state index contributed by atoms with van der Waals surface area (Å²) in [5.41, 5.74) is 0.959. The maximum absolute atomic E-state index is 14.0. The topological polar surface area (TPSA) is 0 Å². The zero-order valence-electron chi connectivity index (χ0n) is 9.00. The van der Waals surface area contributed by atoms with Crippen molar-refractivity contribution in [3.05, 3.63) is 59.9 Å². The third-order valence-electron chi connectivity index (χ3n) is 2.94. The van der Waals surface area contributed by atoms with E-state index in [1.54, 1.807) is 6.07 Å². The average molecular weight is 210 g/mol. The molecule has 0 heterocycles. The number of hydrogen-bond acceptors (Lipinski definition) is 0. The summed E-state index contributed by atoms with van der Waals surface area (Å²) in [6.45, 7) is 1.91. The van der Waals surface area contributed by atoms with Crippen LogP contribution in [0.25, 0.3) is 21.5 Å². The fraction of sp³-hybridized carbons (Fsp3) is 0.0667. The van der Waals surface area contributed by atoms with Gasteiger partial charge in [-0.3, -0.25) is 0 Å². The molecule has 0 aliphatic rings. The highest BCUT2D eigenvalue weighted by atomic mass is 19.1. The normalized spacial score (nSPS) is 11.1. The highest BCUT2D eigenvalue weighted by molar-refractivity contribution is 6.07. The molecule has 0 unspecified atom stereocenters. The molecule has 0 bridgehead atoms. The molecular weight excluding hydrogens is 199 g/mol. The van der Waals surface area contributed by atoms with Crippen molar-refractivity contribution >= 4 is 21.5 Å². The van der Waals surface area contributed by atoms with Crippen LogP contribution in [0.15, 0.2) is 48.5 Å². The number of halogens is 1. The van der Waals surface area contributed by atoms with Gasteiger partial charge in [-0.1, -0.05) is 42.5 Å². The van der Waals surface area contributed by atoms with Gasteiger partial charge in [0.2, 0.25) is 0 Å². The summed E-state index contributed by atoms with van der Waals surface area (Å²) in [4.78, 5) is 0. The van der Waals surface area contributed by atoms with Crippen LogP contribution in [0.5, 0.6) is 0 Å². The van der Waals surface area contributed by atoms with Gasteiger partial charge in [-0.05, 0) is 34.7 Å². The molecule has 0 aromatic heterocycles. The predicted octanol–water partition coefficient (Wildman–Crippen LogP) is 4.44. The molecule has 3 aromatic carbocycles. The van der Waals surface area contributed by atoms with Gasteiger partial charge in [0.15, 0.2) is 0 Å². The molecule has 0 spiro atoms. The van der Waals surface area contributed by atoms with E-state index in [2.05, 4.69) is 0 Å². The molecule has 0 aliphatic carbocycles. The Bertz CT molecular complexity index is 683. The van der Waals surface area contributed by atoms with Crippen molar-refractivity contribution in [2.45, 2.75) is 6.92 Å². The SMILES string of the molecule is Cc1cc(F)c2c(ccc3ccccc32)c1. The second-order valence-electron chi connectivity index (χ2n) is 4.13. The van der Waals surface area contributed by atoms with E-state index in [0.29, 0.717) is 0 Å². The van der Waals surface area contributed by atoms with Crippen LogP contribution >= 0.6 is 0 Å². The van der Waals surface area contributed by atoms with E-state index in [-0.39, 0.29) is 5.82 Å². The van der Waals surface area contributed by atoms with Gasteiger partial charge in [0.1, 0.15) is 5.82 Å². The number of rotatable bonds is 0. The second-order valence-corrected chi connectivity index (χ2v) is 4.13. The van der Waals surface area contributed by atoms with E-state index in [1.807, 2.05) is 49.4 Å². The number of hydrogen-bond donors (Lipinski definition) is 0. The number of aryl methyl sites for hydroxylation is 1. The van der Waals surface area contributed by atoms with Gasteiger partial charge < -0.3 is 0 Å². The first kappa shape index (κ1) is 9.34. The first-order valence-electron chi connectivity index (χ1n) is 5.33. The Hall–Kier alpha value is -1.89. The molecule has 0 N–H and O–H groups in total. The Kier molecular flexibility index (Phi) is 1.93. The monoisotopic (exact) mass is 210 g/mol. The lowest BCUT2D eigenvalue weighted by molar-refractivity contribution is 0.639. The average Bonchev–Trinajstić information content (AvgIpc) is 2.28. The van der Waals surface area contributed by atoms with Gasteiger partial charge in [-0.15, -0.1) is 0 Å². The lowest BCUT2D eigenvalue weighted by Crippen LogP contribution is -1.84. The summed E-state index contributed by atoms with van der Waals surface area (Å²) in [6.07, 6.45) is 0. The molecule has 78 valence electrons. The maximum Gasteiger partial charge on any atom is 0.131 e. The van der Waals surface area contributed by atoms with Gasteiger partial charge in [0.05, 0.1) is 0 Å². The zero-order chi connectivity index (χ0) is 11.1. The van der Waals surface area contributed by atoms with E-state index in [4.69, 9.17) is 0 Å². The van der Waals surface area contributed by atoms with Crippen molar-refractivity contribution in [3.63, 3.8) is 0 Å². The van der Waals surface area contributed by atoms with Crippen LogP contribution < -0.4 is 0 Å². The first-order chi connectivity index (χ1) is 7.75. The molecule has 0 aliphatic heterocycles. The minimum absolute atomic E-state index is 0.133. The Morgan fingerprint density at radius 3 is 2.50 bits per heavy atom. The molecule has 0 fully saturated rings. The second kappa shape index (κ2) is 3.31. The highest BCUT2D eigenvalue weighted by Crippen LogP contribution is 2.28. The number of fused-ring (bicyclic) bond motifs is 3. The molecule has 0 radical (unpaired) electrons. The zero-order valence-corrected chi connectivity index (χ0v) is 9.00. The minimum Gasteiger partial charge on any atom is -0.206 e. The Morgan fingerprint density at radius 2 is 1.62 bits per heavy atom. The third kappa shape index (κ3) is 1.28. The quantitative estimate of drug-likeness (QED) is 0.481. The van der Waals surface area contributed by atoms with Crippen LogP contribution in [-0.4, -0.2) is 0 Å². The van der Waals surface area contributed by atoms with Crippen molar-refractivity contribution in [3.8, 4) is 0 Å². The third-order valence-corrected chi connectivity index (χ3v) is 2.94. The van der Waals surface area contributed by atoms with Gasteiger partial charge in [-0.2, -0.15) is 0 Å². The van der Waals surface area contributed by atoms with Crippen molar-refractivity contribution in [2.75, 3.05) is 0 Å². The molecular formula is C15H11F. The molecule has 16 heavy (non-hydrogen) atoms. The summed E-state index contributed by atoms with van der Waals surface area (Å²) in [5.74, 6) is -0.133. The minimum atomic E-state index is -0.133. The van der Waals surface area contributed by atoms with E-state index in [9.17, 15) is 4.39 Å². The van der Waals surface area contributed by atoms with Crippen LogP contribution in [-0.2, 0) is 0 Å². The van der Waals surface area contributed by atoms with Crippen molar-refractivity contribution in [1.82, 2.24) is 0 Å². The molecule has 3 rings (SSSR count). The van der Waals surface area contributed by atoms with Gasteiger partial charge >= 0.3 is 0 Å². The Balaban J connectivity index is 2.60. The number of benzene rings is 3. The fourth-order valence-electron chi connectivity index (χ4n) is 2.23. The lowest BCUT2D eigenvalue weighted by atomic mass is 10.00. The Labute approximate surface area is 93.3 Å². The van der Waals surface area contributed by atoms with Gasteiger partial charge in [0.25, 0.3) is 0 Å². The summed E-state index contributed by atoms with van der Waals surface area (Å²) in [6, 6.07) is 15.5. The molecule has 1 heteroatoms. The summed E-state index contributed by atoms with van der Waals surface area (Å²) >= 11 is 0. The highest BCUT2D eigenvalue weighted by Gasteiger charge is 2.05. The smallest absolute Gasteiger partial charge is 0.131 e. The van der Waals surface area contributed by atoms with Gasteiger partial charge in [0, 0.05) is 5.39 Å². The van der Waals surface area contributed by atoms with Crippen LogP contribution in [0, 0.1) is 12.7 Å². The van der Waals surface area contributed by atoms with E-state index < -0.39 is 0 Å². The molecule has 0 saturated heterocycles. The molecule has 0 saturated carbocycles.